The van der Waals surface area contributed by atoms with E-state index in [1.165, 1.54) is 0 Å². The second-order valence-corrected chi connectivity index (χ2v) is 0.971. The monoisotopic (exact) mass is 75.1 g/mol. The minimum Gasteiger partial charge on any atom is -0.396 e. The Morgan fingerprint density at radius 3 is 2.60 bits per heavy atom. The molecule has 1 N–H and O–H groups in total. The largest absolute Gasteiger partial charge is 0.396 e. The molecule has 0 bridgehead atoms. The van der Waals surface area contributed by atoms with Gasteiger partial charge in [0.25, 0.3) is 0 Å². The van der Waals surface area contributed by atoms with Crippen molar-refractivity contribution in [2.75, 3.05) is 6.58 Å². The summed E-state index contributed by atoms with van der Waals surface area (Å²) < 4.78 is 6.53. The first kappa shape index (κ1) is 3.16. The Morgan fingerprint density at radius 1 is 2.00 bits per heavy atom. The summed E-state index contributed by atoms with van der Waals surface area (Å²) in [5.74, 6) is 0. The van der Waals surface area contributed by atoms with Crippen LogP contribution in [0.3, 0.4) is 0 Å². The number of aliphatic hydroxyl groups is 1. The minimum absolute atomic E-state index is 0.597. The molecule has 32 valence electrons. The smallest absolute Gasteiger partial charge is 0.0564 e. The van der Waals surface area contributed by atoms with Gasteiger partial charge in [-0.25, -0.2) is 0 Å². The van der Waals surface area contributed by atoms with Crippen LogP contribution in [0.5, 0.6) is 0 Å². The summed E-state index contributed by atoms with van der Waals surface area (Å²) in [5, 5.41) is 8.22. The zero-order valence-corrected chi connectivity index (χ0v) is 3.44. The Labute approximate surface area is 34.0 Å². The molecule has 1 nitrogen and oxygen atoms in total. The van der Waals surface area contributed by atoms with Gasteiger partial charge in [-0.05, 0) is 6.42 Å². The average Bonchev–Trinajstić information content (AvgIpc) is 1.35. The highest BCUT2D eigenvalue weighted by molar-refractivity contribution is 4.23. The van der Waals surface area contributed by atoms with Crippen LogP contribution < -0.4 is 0 Å². The Balaban J connectivity index is 2.63. The third-order valence-corrected chi connectivity index (χ3v) is 0.418. The second-order valence-electron chi connectivity index (χ2n) is 0.971. The van der Waals surface area contributed by atoms with Gasteiger partial charge in [-0.15, -0.1) is 0 Å². The molecule has 0 aliphatic heterocycles. The molecule has 0 amide bonds. The SMILES string of the molecule is [2H][C@@H](O)CCC. The maximum absolute atomic E-state index is 8.22. The van der Waals surface area contributed by atoms with Crippen LogP contribution in [0.15, 0.2) is 0 Å². The van der Waals surface area contributed by atoms with Crippen LogP contribution in [0.2, 0.25) is 0 Å². The first-order chi connectivity index (χ1) is 2.77. The maximum Gasteiger partial charge on any atom is 0.0564 e. The molecule has 0 aromatic rings. The lowest BCUT2D eigenvalue weighted by Gasteiger charge is -1.79. The lowest BCUT2D eigenvalue weighted by atomic mass is 10.4. The van der Waals surface area contributed by atoms with E-state index in [1.54, 1.807) is 0 Å². The summed E-state index contributed by atoms with van der Waals surface area (Å²) in [6, 6.07) is 0. The molecule has 0 unspecified atom stereocenters. The molecule has 5 heavy (non-hydrogen) atoms. The van der Waals surface area contributed by atoms with Gasteiger partial charge >= 0.3 is 0 Å². The van der Waals surface area contributed by atoms with Crippen LogP contribution in [-0.2, 0) is 0 Å². The Kier molecular flexibility index (Phi) is 2.50. The maximum atomic E-state index is 8.22. The van der Waals surface area contributed by atoms with Gasteiger partial charge in [0, 0.05) is 6.58 Å². The van der Waals surface area contributed by atoms with Crippen LogP contribution >= 0.6 is 0 Å². The summed E-state index contributed by atoms with van der Waals surface area (Å²) in [4.78, 5) is 0. The summed E-state index contributed by atoms with van der Waals surface area (Å²) >= 11 is 0. The molecular formula is C4H10O. The van der Waals surface area contributed by atoms with Gasteiger partial charge in [0.05, 0.1) is 1.37 Å². The van der Waals surface area contributed by atoms with Crippen molar-refractivity contribution < 1.29 is 6.48 Å². The van der Waals surface area contributed by atoms with E-state index in [1.807, 2.05) is 6.92 Å². The average molecular weight is 75.1 g/mol. The van der Waals surface area contributed by atoms with Crippen LogP contribution in [0, 0.1) is 0 Å². The van der Waals surface area contributed by atoms with Crippen LogP contribution in [0.25, 0.3) is 0 Å². The van der Waals surface area contributed by atoms with E-state index in [0.29, 0.717) is 6.42 Å². The molecule has 0 saturated carbocycles. The third-order valence-electron chi connectivity index (χ3n) is 0.418. The third kappa shape index (κ3) is 3.96. The van der Waals surface area contributed by atoms with E-state index in [2.05, 4.69) is 0 Å². The van der Waals surface area contributed by atoms with E-state index >= 15 is 0 Å². The van der Waals surface area contributed by atoms with Crippen molar-refractivity contribution in [2.45, 2.75) is 19.8 Å². The normalized spacial score (nSPS) is 17.6. The summed E-state index contributed by atoms with van der Waals surface area (Å²) in [5.41, 5.74) is 0. The Morgan fingerprint density at radius 2 is 2.60 bits per heavy atom. The lowest BCUT2D eigenvalue weighted by molar-refractivity contribution is 0.287. The molecule has 0 aliphatic rings. The van der Waals surface area contributed by atoms with E-state index in [9.17, 15) is 0 Å². The van der Waals surface area contributed by atoms with Crippen molar-refractivity contribution in [1.82, 2.24) is 0 Å². The zero-order chi connectivity index (χ0) is 4.99. The molecule has 0 aromatic heterocycles. The highest BCUT2D eigenvalue weighted by atomic mass is 16.2. The first-order valence-corrected chi connectivity index (χ1v) is 1.87. The van der Waals surface area contributed by atoms with Crippen LogP contribution in [0.4, 0.5) is 0 Å². The van der Waals surface area contributed by atoms with E-state index < -0.39 is 6.58 Å². The first-order valence-electron chi connectivity index (χ1n) is 2.45. The summed E-state index contributed by atoms with van der Waals surface area (Å²) in [7, 11) is 0. The van der Waals surface area contributed by atoms with Crippen LogP contribution in [-0.4, -0.2) is 11.7 Å². The molecule has 0 heterocycles. The number of hydrogen-bond acceptors (Lipinski definition) is 1. The molecule has 1 heteroatoms. The van der Waals surface area contributed by atoms with E-state index in [0.717, 1.165) is 6.42 Å². The lowest BCUT2D eigenvalue weighted by Crippen LogP contribution is -1.75. The molecule has 0 fully saturated rings. The number of aliphatic hydroxyl groups excluding tert-OH is 1. The molecule has 0 spiro atoms. The van der Waals surface area contributed by atoms with Gasteiger partial charge in [0.2, 0.25) is 0 Å². The standard InChI is InChI=1S/C4H10O/c1-2-3-4-5/h5H,2-4H2,1H3/i4D/t4-/m1/s1. The van der Waals surface area contributed by atoms with Crippen molar-refractivity contribution in [3.63, 3.8) is 0 Å². The topological polar surface area (TPSA) is 20.2 Å². The molecule has 0 aliphatic carbocycles. The van der Waals surface area contributed by atoms with Crippen molar-refractivity contribution >= 4 is 0 Å². The second kappa shape index (κ2) is 3.96. The Bertz CT molecular complexity index is 28.7. The van der Waals surface area contributed by atoms with Gasteiger partial charge < -0.3 is 5.11 Å². The molecule has 0 saturated heterocycles. The molecular weight excluding hydrogens is 64.0 g/mol. The van der Waals surface area contributed by atoms with Crippen molar-refractivity contribution in [3.05, 3.63) is 0 Å². The summed E-state index contributed by atoms with van der Waals surface area (Å²) in [6.45, 7) is 1.09. The fourth-order valence-corrected chi connectivity index (χ4v) is 0.129. The predicted octanol–water partition coefficient (Wildman–Crippen LogP) is 0.779. The van der Waals surface area contributed by atoms with Gasteiger partial charge in [0.1, 0.15) is 0 Å². The van der Waals surface area contributed by atoms with Crippen molar-refractivity contribution in [3.8, 4) is 0 Å². The quantitative estimate of drug-likeness (QED) is 0.514. The van der Waals surface area contributed by atoms with Gasteiger partial charge in [-0.1, -0.05) is 13.3 Å². The highest BCUT2D eigenvalue weighted by Crippen LogP contribution is 1.78. The minimum atomic E-state index is -0.852. The van der Waals surface area contributed by atoms with Gasteiger partial charge in [-0.3, -0.25) is 0 Å². The molecule has 1 atom stereocenters. The van der Waals surface area contributed by atoms with Crippen molar-refractivity contribution in [1.29, 1.82) is 0 Å². The fourth-order valence-electron chi connectivity index (χ4n) is 0.129. The number of rotatable bonds is 2. The number of hydrogen-bond donors (Lipinski definition) is 1. The zero-order valence-electron chi connectivity index (χ0n) is 4.44. The molecule has 0 aromatic carbocycles. The molecule has 0 rings (SSSR count). The van der Waals surface area contributed by atoms with E-state index in [-0.39, 0.29) is 0 Å². The fraction of sp³-hybridized carbons (Fsp3) is 1.00. The molecule has 0 radical (unpaired) electrons. The Hall–Kier alpha value is -0.0400. The van der Waals surface area contributed by atoms with Crippen molar-refractivity contribution in [2.24, 2.45) is 0 Å². The predicted molar refractivity (Wildman–Crippen MR) is 22.0 cm³/mol. The van der Waals surface area contributed by atoms with Crippen LogP contribution in [0.1, 0.15) is 21.1 Å². The summed E-state index contributed by atoms with van der Waals surface area (Å²) in [6.07, 6.45) is 1.49. The van der Waals surface area contributed by atoms with Gasteiger partial charge in [-0.2, -0.15) is 0 Å². The highest BCUT2D eigenvalue weighted by Gasteiger charge is 1.69. The van der Waals surface area contributed by atoms with Gasteiger partial charge in [0.15, 0.2) is 0 Å². The van der Waals surface area contributed by atoms with E-state index in [4.69, 9.17) is 6.48 Å².